The molecule has 0 radical (unpaired) electrons. The van der Waals surface area contributed by atoms with Crippen molar-refractivity contribution in [1.29, 1.82) is 0 Å². The van der Waals surface area contributed by atoms with E-state index in [2.05, 4.69) is 16.4 Å². The number of hydrogen-bond acceptors (Lipinski definition) is 2. The van der Waals surface area contributed by atoms with Crippen molar-refractivity contribution in [2.45, 2.75) is 19.4 Å². The Balaban J connectivity index is 1.47. The molecule has 2 aromatic heterocycles. The highest BCUT2D eigenvalue weighted by molar-refractivity contribution is 5.83. The summed E-state index contributed by atoms with van der Waals surface area (Å²) >= 11 is 0. The molecule has 1 N–H and O–H groups in total. The van der Waals surface area contributed by atoms with Gasteiger partial charge in [-0.1, -0.05) is 18.2 Å². The fourth-order valence-electron chi connectivity index (χ4n) is 2.56. The van der Waals surface area contributed by atoms with Crippen LogP contribution in [0.3, 0.4) is 0 Å². The van der Waals surface area contributed by atoms with Gasteiger partial charge in [0.15, 0.2) is 0 Å². The van der Waals surface area contributed by atoms with Crippen LogP contribution in [0.5, 0.6) is 0 Å². The van der Waals surface area contributed by atoms with Crippen molar-refractivity contribution in [2.75, 3.05) is 6.54 Å². The standard InChI is InChI=1S/C18H19N3O/c22-18(20-10-3-4-15-7-11-19-12-8-15)14-21-13-9-16-5-1-2-6-17(16)21/h1-2,5-9,11-13H,3-4,10,14H2,(H,20,22). The molecule has 0 aliphatic heterocycles. The lowest BCUT2D eigenvalue weighted by Crippen LogP contribution is -2.28. The third kappa shape index (κ3) is 3.52. The molecular formula is C18H19N3O. The maximum Gasteiger partial charge on any atom is 0.239 e. The van der Waals surface area contributed by atoms with E-state index in [0.717, 1.165) is 23.7 Å². The molecule has 112 valence electrons. The van der Waals surface area contributed by atoms with Gasteiger partial charge in [-0.15, -0.1) is 0 Å². The minimum atomic E-state index is 0.0519. The number of carbonyl (C=O) groups excluding carboxylic acids is 1. The van der Waals surface area contributed by atoms with Crippen molar-refractivity contribution < 1.29 is 4.79 Å². The molecule has 4 nitrogen and oxygen atoms in total. The molecule has 0 saturated carbocycles. The highest BCUT2D eigenvalue weighted by Crippen LogP contribution is 2.14. The van der Waals surface area contributed by atoms with Gasteiger partial charge in [0, 0.05) is 30.7 Å². The van der Waals surface area contributed by atoms with Gasteiger partial charge in [-0.05, 0) is 48.1 Å². The quantitative estimate of drug-likeness (QED) is 0.710. The Bertz CT molecular complexity index is 749. The van der Waals surface area contributed by atoms with Gasteiger partial charge in [0.05, 0.1) is 0 Å². The summed E-state index contributed by atoms with van der Waals surface area (Å²) in [5.41, 5.74) is 2.34. The van der Waals surface area contributed by atoms with E-state index in [9.17, 15) is 4.79 Å². The largest absolute Gasteiger partial charge is 0.355 e. The van der Waals surface area contributed by atoms with Gasteiger partial charge < -0.3 is 9.88 Å². The number of aromatic nitrogens is 2. The van der Waals surface area contributed by atoms with Crippen LogP contribution in [0, 0.1) is 0 Å². The first-order chi connectivity index (χ1) is 10.8. The van der Waals surface area contributed by atoms with Crippen LogP contribution in [0.25, 0.3) is 10.9 Å². The number of pyridine rings is 1. The van der Waals surface area contributed by atoms with E-state index in [1.165, 1.54) is 5.56 Å². The average molecular weight is 293 g/mol. The zero-order chi connectivity index (χ0) is 15.2. The lowest BCUT2D eigenvalue weighted by Gasteiger charge is -2.07. The van der Waals surface area contributed by atoms with E-state index in [1.54, 1.807) is 12.4 Å². The lowest BCUT2D eigenvalue weighted by molar-refractivity contribution is -0.121. The molecule has 3 rings (SSSR count). The highest BCUT2D eigenvalue weighted by atomic mass is 16.1. The third-order valence-electron chi connectivity index (χ3n) is 3.71. The van der Waals surface area contributed by atoms with Crippen molar-refractivity contribution in [3.8, 4) is 0 Å². The zero-order valence-corrected chi connectivity index (χ0v) is 12.4. The molecule has 0 unspecified atom stereocenters. The molecule has 0 bridgehead atoms. The molecule has 3 aromatic rings. The maximum atomic E-state index is 12.0. The van der Waals surface area contributed by atoms with Crippen LogP contribution in [-0.2, 0) is 17.8 Å². The van der Waals surface area contributed by atoms with Gasteiger partial charge in [-0.2, -0.15) is 0 Å². The predicted octanol–water partition coefficient (Wildman–Crippen LogP) is 2.79. The topological polar surface area (TPSA) is 46.9 Å². The monoisotopic (exact) mass is 293 g/mol. The molecular weight excluding hydrogens is 274 g/mol. The first kappa shape index (κ1) is 14.3. The Morgan fingerprint density at radius 3 is 2.77 bits per heavy atom. The number of fused-ring (bicyclic) bond motifs is 1. The van der Waals surface area contributed by atoms with Gasteiger partial charge in [-0.3, -0.25) is 9.78 Å². The summed E-state index contributed by atoms with van der Waals surface area (Å²) in [7, 11) is 0. The van der Waals surface area contributed by atoms with Crippen LogP contribution in [0.4, 0.5) is 0 Å². The van der Waals surface area contributed by atoms with Crippen molar-refractivity contribution in [3.63, 3.8) is 0 Å². The van der Waals surface area contributed by atoms with E-state index < -0.39 is 0 Å². The number of aryl methyl sites for hydroxylation is 1. The van der Waals surface area contributed by atoms with Gasteiger partial charge >= 0.3 is 0 Å². The van der Waals surface area contributed by atoms with E-state index >= 15 is 0 Å². The Labute approximate surface area is 129 Å². The summed E-state index contributed by atoms with van der Waals surface area (Å²) in [5, 5.41) is 4.14. The molecule has 2 heterocycles. The van der Waals surface area contributed by atoms with Crippen LogP contribution in [0.1, 0.15) is 12.0 Å². The van der Waals surface area contributed by atoms with Crippen LogP contribution in [-0.4, -0.2) is 22.0 Å². The smallest absolute Gasteiger partial charge is 0.239 e. The van der Waals surface area contributed by atoms with Crippen molar-refractivity contribution in [2.24, 2.45) is 0 Å². The van der Waals surface area contributed by atoms with E-state index in [-0.39, 0.29) is 5.91 Å². The summed E-state index contributed by atoms with van der Waals surface area (Å²) in [5.74, 6) is 0.0519. The van der Waals surface area contributed by atoms with Crippen LogP contribution in [0.15, 0.2) is 61.1 Å². The first-order valence-electron chi connectivity index (χ1n) is 7.52. The summed E-state index contributed by atoms with van der Waals surface area (Å²) in [6, 6.07) is 14.1. The maximum absolute atomic E-state index is 12.0. The summed E-state index contributed by atoms with van der Waals surface area (Å²) in [6.45, 7) is 1.06. The second-order valence-corrected chi connectivity index (χ2v) is 5.31. The summed E-state index contributed by atoms with van der Waals surface area (Å²) in [6.07, 6.45) is 7.44. The highest BCUT2D eigenvalue weighted by Gasteiger charge is 2.05. The van der Waals surface area contributed by atoms with Crippen LogP contribution >= 0.6 is 0 Å². The number of benzene rings is 1. The predicted molar refractivity (Wildman–Crippen MR) is 87.5 cm³/mol. The van der Waals surface area contributed by atoms with Crippen molar-refractivity contribution >= 4 is 16.8 Å². The molecule has 0 aliphatic rings. The van der Waals surface area contributed by atoms with E-state index in [1.807, 2.05) is 47.2 Å². The van der Waals surface area contributed by atoms with Gasteiger partial charge in [-0.25, -0.2) is 0 Å². The SMILES string of the molecule is O=C(Cn1ccc2ccccc21)NCCCc1ccncc1. The van der Waals surface area contributed by atoms with Crippen molar-refractivity contribution in [3.05, 3.63) is 66.6 Å². The molecule has 0 spiro atoms. The molecule has 0 atom stereocenters. The van der Waals surface area contributed by atoms with Crippen LogP contribution < -0.4 is 5.32 Å². The molecule has 22 heavy (non-hydrogen) atoms. The zero-order valence-electron chi connectivity index (χ0n) is 12.4. The van der Waals surface area contributed by atoms with Gasteiger partial charge in [0.25, 0.3) is 0 Å². The Hall–Kier alpha value is -2.62. The molecule has 0 saturated heterocycles. The average Bonchev–Trinajstić information content (AvgIpc) is 2.96. The van der Waals surface area contributed by atoms with Gasteiger partial charge in [0.2, 0.25) is 5.91 Å². The minimum absolute atomic E-state index is 0.0519. The second-order valence-electron chi connectivity index (χ2n) is 5.31. The Kier molecular flexibility index (Phi) is 4.49. The number of nitrogens with zero attached hydrogens (tertiary/aromatic N) is 2. The number of amides is 1. The Morgan fingerprint density at radius 1 is 1.09 bits per heavy atom. The number of hydrogen-bond donors (Lipinski definition) is 1. The molecule has 0 fully saturated rings. The van der Waals surface area contributed by atoms with Gasteiger partial charge in [0.1, 0.15) is 6.54 Å². The van der Waals surface area contributed by atoms with Crippen molar-refractivity contribution in [1.82, 2.24) is 14.9 Å². The normalized spacial score (nSPS) is 10.7. The van der Waals surface area contributed by atoms with E-state index in [0.29, 0.717) is 13.1 Å². The third-order valence-corrected chi connectivity index (χ3v) is 3.71. The number of para-hydroxylation sites is 1. The minimum Gasteiger partial charge on any atom is -0.355 e. The number of nitrogens with one attached hydrogen (secondary N) is 1. The van der Waals surface area contributed by atoms with Crippen LogP contribution in [0.2, 0.25) is 0 Å². The summed E-state index contributed by atoms with van der Waals surface area (Å²) < 4.78 is 1.98. The molecule has 1 amide bonds. The first-order valence-corrected chi connectivity index (χ1v) is 7.52. The molecule has 0 aliphatic carbocycles. The molecule has 1 aromatic carbocycles. The fourth-order valence-corrected chi connectivity index (χ4v) is 2.56. The lowest BCUT2D eigenvalue weighted by atomic mass is 10.1. The number of carbonyl (C=O) groups is 1. The second kappa shape index (κ2) is 6.89. The van der Waals surface area contributed by atoms with E-state index in [4.69, 9.17) is 0 Å². The fraction of sp³-hybridized carbons (Fsp3) is 0.222. The Morgan fingerprint density at radius 2 is 1.91 bits per heavy atom. The molecule has 4 heteroatoms. The number of rotatable bonds is 6. The summed E-state index contributed by atoms with van der Waals surface area (Å²) in [4.78, 5) is 16.0.